The molecule has 0 bridgehead atoms. The van der Waals surface area contributed by atoms with Gasteiger partial charge in [0.1, 0.15) is 11.4 Å². The fraction of sp³-hybridized carbons (Fsp3) is 0.167. The van der Waals surface area contributed by atoms with Gasteiger partial charge in [-0.2, -0.15) is 0 Å². The Morgan fingerprint density at radius 3 is 2.46 bits per heavy atom. The summed E-state index contributed by atoms with van der Waals surface area (Å²) in [6.45, 7) is 1.37. The number of nitrogens with zero attached hydrogens (tertiary/aromatic N) is 2. The van der Waals surface area contributed by atoms with E-state index in [4.69, 9.17) is 11.6 Å². The number of β-lactam (4-membered cyclic amide) rings is 1. The van der Waals surface area contributed by atoms with E-state index in [1.54, 1.807) is 18.2 Å². The number of hydrogen-bond donors (Lipinski definition) is 2. The minimum absolute atomic E-state index is 0.138. The van der Waals surface area contributed by atoms with Gasteiger partial charge in [-0.1, -0.05) is 12.1 Å². The van der Waals surface area contributed by atoms with E-state index < -0.39 is 28.2 Å². The van der Waals surface area contributed by atoms with Crippen LogP contribution in [0, 0.1) is 10.1 Å². The maximum Gasteiger partial charge on any atom is 0.269 e. The van der Waals surface area contributed by atoms with Gasteiger partial charge < -0.3 is 5.32 Å². The molecule has 28 heavy (non-hydrogen) atoms. The van der Waals surface area contributed by atoms with E-state index in [-0.39, 0.29) is 17.2 Å². The molecule has 0 unspecified atom stereocenters. The second-order valence-corrected chi connectivity index (χ2v) is 6.58. The summed E-state index contributed by atoms with van der Waals surface area (Å²) >= 11 is 6.07. The molecule has 0 spiro atoms. The van der Waals surface area contributed by atoms with Crippen LogP contribution < -0.4 is 10.7 Å². The summed E-state index contributed by atoms with van der Waals surface area (Å²) in [6.07, 6.45) is 0. The molecule has 3 rings (SSSR count). The van der Waals surface area contributed by atoms with Crippen LogP contribution in [0.25, 0.3) is 0 Å². The number of carbonyl (C=O) groups excluding carboxylic acids is 3. The highest BCUT2D eigenvalue weighted by atomic mass is 35.5. The largest absolute Gasteiger partial charge is 0.326 e. The Hall–Kier alpha value is -3.46. The average Bonchev–Trinajstić information content (AvgIpc) is 2.67. The lowest BCUT2D eigenvalue weighted by Crippen LogP contribution is -2.63. The molecule has 1 aliphatic rings. The molecule has 2 N–H and O–H groups in total. The van der Waals surface area contributed by atoms with Gasteiger partial charge in [0.25, 0.3) is 17.5 Å². The molecule has 3 amide bonds. The third-order valence-corrected chi connectivity index (χ3v) is 4.57. The zero-order valence-corrected chi connectivity index (χ0v) is 15.3. The van der Waals surface area contributed by atoms with Crippen LogP contribution in [0.2, 0.25) is 0 Å². The van der Waals surface area contributed by atoms with E-state index in [9.17, 15) is 24.5 Å². The molecule has 0 aliphatic carbocycles. The number of halogens is 1. The molecule has 2 aromatic carbocycles. The molecule has 1 saturated heterocycles. The number of rotatable bonds is 5. The van der Waals surface area contributed by atoms with Crippen molar-refractivity contribution in [3.8, 4) is 0 Å². The number of alkyl halides is 1. The van der Waals surface area contributed by atoms with Gasteiger partial charge in [-0.05, 0) is 29.8 Å². The third-order valence-electron chi connectivity index (χ3n) is 4.14. The first-order valence-corrected chi connectivity index (χ1v) is 8.61. The van der Waals surface area contributed by atoms with Crippen molar-refractivity contribution in [2.24, 2.45) is 0 Å². The van der Waals surface area contributed by atoms with Crippen molar-refractivity contribution in [1.82, 2.24) is 10.4 Å². The van der Waals surface area contributed by atoms with Crippen LogP contribution in [0.1, 0.15) is 28.9 Å². The lowest BCUT2D eigenvalue weighted by atomic mass is 9.95. The predicted molar refractivity (Wildman–Crippen MR) is 101 cm³/mol. The van der Waals surface area contributed by atoms with E-state index in [0.29, 0.717) is 11.3 Å². The molecule has 1 fully saturated rings. The predicted octanol–water partition coefficient (Wildman–Crippen LogP) is 2.39. The zero-order valence-electron chi connectivity index (χ0n) is 14.6. The molecule has 9 nitrogen and oxygen atoms in total. The summed E-state index contributed by atoms with van der Waals surface area (Å²) in [5, 5.41) is 13.7. The number of carbonyl (C=O) groups is 3. The highest BCUT2D eigenvalue weighted by Gasteiger charge is 2.48. The van der Waals surface area contributed by atoms with E-state index >= 15 is 0 Å². The van der Waals surface area contributed by atoms with Crippen LogP contribution >= 0.6 is 11.6 Å². The molecular formula is C18H15ClN4O5. The summed E-state index contributed by atoms with van der Waals surface area (Å²) in [6, 6.07) is 11.1. The number of nitro groups is 1. The number of amides is 3. The first-order valence-electron chi connectivity index (χ1n) is 8.18. The number of nitrogens with one attached hydrogen (secondary N) is 2. The summed E-state index contributed by atoms with van der Waals surface area (Å²) in [4.78, 5) is 46.0. The lowest BCUT2D eigenvalue weighted by Gasteiger charge is -2.43. The molecule has 2 aromatic rings. The smallest absolute Gasteiger partial charge is 0.269 e. The standard InChI is InChI=1S/C18H15ClN4O5/c1-10(24)20-13-7-5-11(6-8-13)17(25)21-22-16(15(19)18(22)26)12-3-2-4-14(9-12)23(27)28/h2-9,15-16H,1H3,(H,20,24)(H,21,25)/t15-,16-/m1/s1. The van der Waals surface area contributed by atoms with Crippen molar-refractivity contribution in [2.75, 3.05) is 5.32 Å². The maximum atomic E-state index is 12.4. The van der Waals surface area contributed by atoms with E-state index in [0.717, 1.165) is 5.01 Å². The number of nitro benzene ring substituents is 1. The fourth-order valence-corrected chi connectivity index (χ4v) is 3.16. The van der Waals surface area contributed by atoms with Gasteiger partial charge in [0.2, 0.25) is 5.91 Å². The molecule has 1 aliphatic heterocycles. The van der Waals surface area contributed by atoms with Crippen LogP contribution in [0.4, 0.5) is 11.4 Å². The molecule has 0 aromatic heterocycles. The number of hydrogen-bond acceptors (Lipinski definition) is 5. The monoisotopic (exact) mass is 402 g/mol. The minimum Gasteiger partial charge on any atom is -0.326 e. The van der Waals surface area contributed by atoms with Gasteiger partial charge in [0.05, 0.1) is 4.92 Å². The van der Waals surface area contributed by atoms with Gasteiger partial charge in [0.15, 0.2) is 0 Å². The second-order valence-electron chi connectivity index (χ2n) is 6.11. The lowest BCUT2D eigenvalue weighted by molar-refractivity contribution is -0.385. The van der Waals surface area contributed by atoms with Crippen molar-refractivity contribution in [3.63, 3.8) is 0 Å². The SMILES string of the molecule is CC(=O)Nc1ccc(C(=O)NN2C(=O)[C@H](Cl)[C@H]2c2cccc([N+](=O)[O-])c2)cc1. The zero-order chi connectivity index (χ0) is 20.4. The van der Waals surface area contributed by atoms with Crippen molar-refractivity contribution in [2.45, 2.75) is 18.3 Å². The first kappa shape index (κ1) is 19.3. The van der Waals surface area contributed by atoms with Crippen LogP contribution in [0.3, 0.4) is 0 Å². The summed E-state index contributed by atoms with van der Waals surface area (Å²) in [5.74, 6) is -1.31. The quantitative estimate of drug-likeness (QED) is 0.344. The van der Waals surface area contributed by atoms with E-state index in [1.807, 2.05) is 0 Å². The minimum atomic E-state index is -0.940. The summed E-state index contributed by atoms with van der Waals surface area (Å²) in [5.41, 5.74) is 3.56. The Morgan fingerprint density at radius 1 is 1.18 bits per heavy atom. The average molecular weight is 403 g/mol. The Labute approximate surface area is 164 Å². The summed E-state index contributed by atoms with van der Waals surface area (Å²) in [7, 11) is 0. The van der Waals surface area contributed by atoms with Crippen LogP contribution in [0.15, 0.2) is 48.5 Å². The molecule has 0 saturated carbocycles. The topological polar surface area (TPSA) is 122 Å². The third kappa shape index (κ3) is 3.79. The fourth-order valence-electron chi connectivity index (χ4n) is 2.80. The molecule has 1 heterocycles. The normalized spacial score (nSPS) is 18.2. The number of hydrazine groups is 1. The van der Waals surface area contributed by atoms with Crippen LogP contribution in [-0.4, -0.2) is 33.0 Å². The van der Waals surface area contributed by atoms with Crippen molar-refractivity contribution in [1.29, 1.82) is 0 Å². The van der Waals surface area contributed by atoms with Crippen molar-refractivity contribution >= 4 is 40.7 Å². The molecule has 2 atom stereocenters. The van der Waals surface area contributed by atoms with Crippen LogP contribution in [0.5, 0.6) is 0 Å². The number of anilines is 1. The highest BCUT2D eigenvalue weighted by Crippen LogP contribution is 2.38. The molecule has 144 valence electrons. The number of benzene rings is 2. The highest BCUT2D eigenvalue weighted by molar-refractivity contribution is 6.33. The van der Waals surface area contributed by atoms with Crippen molar-refractivity contribution < 1.29 is 19.3 Å². The second kappa shape index (κ2) is 7.65. The van der Waals surface area contributed by atoms with Gasteiger partial charge in [-0.3, -0.25) is 29.9 Å². The van der Waals surface area contributed by atoms with E-state index in [1.165, 1.54) is 37.3 Å². The van der Waals surface area contributed by atoms with Crippen LogP contribution in [-0.2, 0) is 9.59 Å². The molecule has 0 radical (unpaired) electrons. The van der Waals surface area contributed by atoms with Gasteiger partial charge >= 0.3 is 0 Å². The van der Waals surface area contributed by atoms with E-state index in [2.05, 4.69) is 10.7 Å². The first-order chi connectivity index (χ1) is 13.3. The summed E-state index contributed by atoms with van der Waals surface area (Å²) < 4.78 is 0. The van der Waals surface area contributed by atoms with Gasteiger partial charge in [-0.15, -0.1) is 11.6 Å². The molecular weight excluding hydrogens is 388 g/mol. The van der Waals surface area contributed by atoms with Gasteiger partial charge in [0, 0.05) is 30.3 Å². The van der Waals surface area contributed by atoms with Gasteiger partial charge in [-0.25, -0.2) is 5.01 Å². The number of non-ortho nitro benzene ring substituents is 1. The Kier molecular flexibility index (Phi) is 5.27. The molecule has 10 heteroatoms. The Morgan fingerprint density at radius 2 is 1.86 bits per heavy atom. The van der Waals surface area contributed by atoms with Crippen molar-refractivity contribution in [3.05, 3.63) is 69.8 Å². The Bertz CT molecular complexity index is 963. The Balaban J connectivity index is 1.76. The maximum absolute atomic E-state index is 12.4.